The van der Waals surface area contributed by atoms with Crippen LogP contribution >= 0.6 is 23.2 Å². The van der Waals surface area contributed by atoms with Gasteiger partial charge in [0.25, 0.3) is 0 Å². The van der Waals surface area contributed by atoms with Crippen LogP contribution in [0.3, 0.4) is 0 Å². The van der Waals surface area contributed by atoms with Crippen LogP contribution in [0.25, 0.3) is 0 Å². The van der Waals surface area contributed by atoms with E-state index in [1.165, 1.54) is 0 Å². The molecule has 0 radical (unpaired) electrons. The summed E-state index contributed by atoms with van der Waals surface area (Å²) in [7, 11) is 1.69. The van der Waals surface area contributed by atoms with E-state index >= 15 is 0 Å². The molecule has 1 heterocycles. The number of likely N-dealkylation sites (N-methyl/N-ethyl adjacent to an activating group) is 1. The van der Waals surface area contributed by atoms with Crippen LogP contribution in [0.5, 0.6) is 0 Å². The molecule has 0 spiro atoms. The molecule has 0 aromatic heterocycles. The monoisotopic (exact) mass is 331 g/mol. The lowest BCUT2D eigenvalue weighted by Crippen LogP contribution is -2.47. The molecule has 1 amide bonds. The number of benzene rings is 1. The number of rotatable bonds is 4. The Kier molecular flexibility index (Phi) is 5.49. The summed E-state index contributed by atoms with van der Waals surface area (Å²) in [6.45, 7) is 1.36. The Labute approximate surface area is 134 Å². The van der Waals surface area contributed by atoms with Gasteiger partial charge in [0.1, 0.15) is 0 Å². The number of hydrogen-bond acceptors (Lipinski definition) is 3. The summed E-state index contributed by atoms with van der Waals surface area (Å²) in [4.78, 5) is 13.8. The number of amides is 1. The second kappa shape index (κ2) is 6.97. The summed E-state index contributed by atoms with van der Waals surface area (Å²) in [5.41, 5.74) is -0.121. The smallest absolute Gasteiger partial charge is 0.226 e. The number of hydrogen-bond donors (Lipinski definition) is 1. The molecule has 1 aliphatic heterocycles. The van der Waals surface area contributed by atoms with Gasteiger partial charge in [-0.15, -0.1) is 0 Å². The third-order valence-electron chi connectivity index (χ3n) is 3.74. The van der Waals surface area contributed by atoms with Crippen molar-refractivity contribution in [3.63, 3.8) is 0 Å². The third-order valence-corrected chi connectivity index (χ3v) is 4.32. The van der Waals surface area contributed by atoms with Crippen molar-refractivity contribution in [3.05, 3.63) is 33.8 Å². The minimum atomic E-state index is -0.855. The molecular weight excluding hydrogens is 313 g/mol. The fourth-order valence-electron chi connectivity index (χ4n) is 2.40. The van der Waals surface area contributed by atoms with Gasteiger partial charge in [-0.2, -0.15) is 0 Å². The fraction of sp³-hybridized carbons (Fsp3) is 0.533. The van der Waals surface area contributed by atoms with E-state index < -0.39 is 5.60 Å². The Hall–Kier alpha value is -0.810. The summed E-state index contributed by atoms with van der Waals surface area (Å²) in [6.07, 6.45) is 1.29. The molecule has 0 aliphatic carbocycles. The first-order chi connectivity index (χ1) is 9.89. The minimum absolute atomic E-state index is 0.0841. The number of carbonyl (C=O) groups excluding carboxylic acids is 1. The highest BCUT2D eigenvalue weighted by molar-refractivity contribution is 6.35. The molecule has 0 unspecified atom stereocenters. The van der Waals surface area contributed by atoms with E-state index in [1.807, 2.05) is 0 Å². The van der Waals surface area contributed by atoms with Gasteiger partial charge in [0.15, 0.2) is 0 Å². The molecule has 0 saturated carbocycles. The second-order valence-electron chi connectivity index (χ2n) is 5.50. The normalized spacial score (nSPS) is 17.5. The Morgan fingerprint density at radius 2 is 2.05 bits per heavy atom. The fourth-order valence-corrected chi connectivity index (χ4v) is 2.88. The highest BCUT2D eigenvalue weighted by Gasteiger charge is 2.32. The van der Waals surface area contributed by atoms with Crippen molar-refractivity contribution in [2.24, 2.45) is 0 Å². The first kappa shape index (κ1) is 16.6. The van der Waals surface area contributed by atoms with Crippen LogP contribution in [0.2, 0.25) is 10.0 Å². The first-order valence-corrected chi connectivity index (χ1v) is 7.63. The highest BCUT2D eigenvalue weighted by Crippen LogP contribution is 2.24. The van der Waals surface area contributed by atoms with Crippen molar-refractivity contribution in [2.45, 2.75) is 24.9 Å². The summed E-state index contributed by atoms with van der Waals surface area (Å²) in [5.74, 6) is -0.0841. The number of halogens is 2. The van der Waals surface area contributed by atoms with Crippen molar-refractivity contribution in [3.8, 4) is 0 Å². The van der Waals surface area contributed by atoms with Crippen molar-refractivity contribution in [2.75, 3.05) is 26.8 Å². The average Bonchev–Trinajstić information content (AvgIpc) is 2.42. The van der Waals surface area contributed by atoms with E-state index in [0.717, 1.165) is 5.56 Å². The lowest BCUT2D eigenvalue weighted by atomic mass is 9.94. The van der Waals surface area contributed by atoms with Crippen LogP contribution in [-0.2, 0) is 16.0 Å². The first-order valence-electron chi connectivity index (χ1n) is 6.88. The number of aliphatic hydroxyl groups is 1. The molecule has 0 bridgehead atoms. The van der Waals surface area contributed by atoms with Gasteiger partial charge in [0.05, 0.1) is 12.0 Å². The van der Waals surface area contributed by atoms with Crippen molar-refractivity contribution in [1.29, 1.82) is 0 Å². The predicted molar refractivity (Wildman–Crippen MR) is 82.8 cm³/mol. The molecule has 0 atom stereocenters. The van der Waals surface area contributed by atoms with Gasteiger partial charge < -0.3 is 14.7 Å². The van der Waals surface area contributed by atoms with Crippen LogP contribution < -0.4 is 0 Å². The number of nitrogens with zero attached hydrogens (tertiary/aromatic N) is 1. The van der Waals surface area contributed by atoms with Gasteiger partial charge in [-0.05, 0) is 17.7 Å². The Bertz CT molecular complexity index is 516. The predicted octanol–water partition coefficient (Wildman–Crippen LogP) is 2.54. The van der Waals surface area contributed by atoms with E-state index in [1.54, 1.807) is 30.1 Å². The Balaban J connectivity index is 1.96. The standard InChI is InChI=1S/C15H19Cl2NO3/c1-18(10-15(20)4-6-21-7-5-15)14(19)8-11-2-3-12(16)9-13(11)17/h2-3,9,20H,4-8,10H2,1H3. The molecule has 1 saturated heterocycles. The molecule has 116 valence electrons. The molecule has 1 aromatic carbocycles. The summed E-state index contributed by atoms with van der Waals surface area (Å²) >= 11 is 11.9. The van der Waals surface area contributed by atoms with E-state index in [0.29, 0.717) is 42.6 Å². The van der Waals surface area contributed by atoms with Gasteiger partial charge in [0.2, 0.25) is 5.91 Å². The molecule has 2 rings (SSSR count). The summed E-state index contributed by atoms with van der Waals surface area (Å²) in [6, 6.07) is 5.08. The molecule has 1 fully saturated rings. The van der Waals surface area contributed by atoms with Crippen LogP contribution in [0.1, 0.15) is 18.4 Å². The lowest BCUT2D eigenvalue weighted by molar-refractivity contribution is -0.136. The minimum Gasteiger partial charge on any atom is -0.388 e. The molecule has 1 aromatic rings. The quantitative estimate of drug-likeness (QED) is 0.922. The summed E-state index contributed by atoms with van der Waals surface area (Å²) in [5, 5.41) is 11.5. The summed E-state index contributed by atoms with van der Waals surface area (Å²) < 4.78 is 5.24. The lowest BCUT2D eigenvalue weighted by Gasteiger charge is -2.35. The van der Waals surface area contributed by atoms with E-state index in [-0.39, 0.29) is 12.3 Å². The van der Waals surface area contributed by atoms with E-state index in [9.17, 15) is 9.90 Å². The average molecular weight is 332 g/mol. The maximum atomic E-state index is 12.3. The zero-order chi connectivity index (χ0) is 15.5. The zero-order valence-electron chi connectivity index (χ0n) is 11.9. The Morgan fingerprint density at radius 3 is 2.67 bits per heavy atom. The molecule has 4 nitrogen and oxygen atoms in total. The topological polar surface area (TPSA) is 49.8 Å². The van der Waals surface area contributed by atoms with E-state index in [2.05, 4.69) is 0 Å². The van der Waals surface area contributed by atoms with Gasteiger partial charge in [-0.1, -0.05) is 29.3 Å². The second-order valence-corrected chi connectivity index (χ2v) is 6.34. The maximum absolute atomic E-state index is 12.3. The zero-order valence-corrected chi connectivity index (χ0v) is 13.5. The molecule has 1 N–H and O–H groups in total. The largest absolute Gasteiger partial charge is 0.388 e. The van der Waals surface area contributed by atoms with Crippen molar-refractivity contribution < 1.29 is 14.6 Å². The van der Waals surface area contributed by atoms with Gasteiger partial charge >= 0.3 is 0 Å². The van der Waals surface area contributed by atoms with Crippen LogP contribution in [0.4, 0.5) is 0 Å². The SMILES string of the molecule is CN(CC1(O)CCOCC1)C(=O)Cc1ccc(Cl)cc1Cl. The molecule has 6 heteroatoms. The van der Waals surface area contributed by atoms with Crippen LogP contribution in [0, 0.1) is 0 Å². The third kappa shape index (κ3) is 4.58. The van der Waals surface area contributed by atoms with Gasteiger partial charge in [-0.25, -0.2) is 0 Å². The highest BCUT2D eigenvalue weighted by atomic mass is 35.5. The van der Waals surface area contributed by atoms with Crippen molar-refractivity contribution in [1.82, 2.24) is 4.90 Å². The number of ether oxygens (including phenoxy) is 1. The number of carbonyl (C=O) groups is 1. The molecule has 21 heavy (non-hydrogen) atoms. The maximum Gasteiger partial charge on any atom is 0.226 e. The van der Waals surface area contributed by atoms with E-state index in [4.69, 9.17) is 27.9 Å². The van der Waals surface area contributed by atoms with Gasteiger partial charge in [0, 0.05) is 49.7 Å². The van der Waals surface area contributed by atoms with Crippen LogP contribution in [-0.4, -0.2) is 48.3 Å². The van der Waals surface area contributed by atoms with Crippen LogP contribution in [0.15, 0.2) is 18.2 Å². The Morgan fingerprint density at radius 1 is 1.38 bits per heavy atom. The van der Waals surface area contributed by atoms with Gasteiger partial charge in [-0.3, -0.25) is 4.79 Å². The molecule has 1 aliphatic rings. The molecular formula is C15H19Cl2NO3. The van der Waals surface area contributed by atoms with Crippen molar-refractivity contribution >= 4 is 29.1 Å².